The van der Waals surface area contributed by atoms with Crippen LogP contribution in [0.25, 0.3) is 115 Å². The molecular weight excluding hydrogens is 797 g/mol. The van der Waals surface area contributed by atoms with E-state index in [4.69, 9.17) is 15.0 Å². The summed E-state index contributed by atoms with van der Waals surface area (Å²) in [5.41, 5.74) is 15.3. The molecule has 0 N–H and O–H groups in total. The standard InChI is InChI=1S/C59H40N4S/c1-37-17-21-39(22-18-37)44-25-29-47-48-30-26-45(40-23-19-38(2)20-24-40)35-54(48)63(53(47)34-44)52-32-28-43(46-27-31-50-49-15-9-10-16-55(49)64-56(50)36-46)33-51(52)59-61-57(41-11-5-3-6-12-41)60-58(62-59)42-13-7-4-8-14-42/h3-36H,1-2H3. The smallest absolute Gasteiger partial charge is 0.166 e. The Morgan fingerprint density at radius 2 is 0.766 bits per heavy atom. The summed E-state index contributed by atoms with van der Waals surface area (Å²) in [5.74, 6) is 1.85. The third kappa shape index (κ3) is 6.66. The summed E-state index contributed by atoms with van der Waals surface area (Å²) >= 11 is 1.84. The van der Waals surface area contributed by atoms with E-state index >= 15 is 0 Å². The minimum absolute atomic E-state index is 0.604. The number of thiophene rings is 1. The lowest BCUT2D eigenvalue weighted by atomic mass is 9.99. The lowest BCUT2D eigenvalue weighted by molar-refractivity contribution is 1.06. The van der Waals surface area contributed by atoms with Crippen LogP contribution in [0.3, 0.4) is 0 Å². The maximum absolute atomic E-state index is 5.36. The zero-order valence-electron chi connectivity index (χ0n) is 35.3. The Hall–Kier alpha value is -7.99. The fourth-order valence-electron chi connectivity index (χ4n) is 9.05. The van der Waals surface area contributed by atoms with Gasteiger partial charge >= 0.3 is 0 Å². The second kappa shape index (κ2) is 15.4. The zero-order chi connectivity index (χ0) is 42.7. The lowest BCUT2D eigenvalue weighted by Gasteiger charge is -2.17. The first-order valence-electron chi connectivity index (χ1n) is 21.7. The molecule has 0 amide bonds. The van der Waals surface area contributed by atoms with Crippen molar-refractivity contribution in [3.63, 3.8) is 0 Å². The Morgan fingerprint density at radius 3 is 1.34 bits per heavy atom. The molecule has 64 heavy (non-hydrogen) atoms. The first-order chi connectivity index (χ1) is 31.5. The van der Waals surface area contributed by atoms with Gasteiger partial charge in [0.15, 0.2) is 17.5 Å². The summed E-state index contributed by atoms with van der Waals surface area (Å²) in [4.78, 5) is 15.8. The van der Waals surface area contributed by atoms with Crippen LogP contribution in [0.15, 0.2) is 206 Å². The Morgan fingerprint density at radius 1 is 0.328 bits per heavy atom. The van der Waals surface area contributed by atoms with Crippen LogP contribution < -0.4 is 0 Å². The minimum atomic E-state index is 0.604. The normalized spacial score (nSPS) is 11.6. The molecule has 0 fully saturated rings. The molecule has 302 valence electrons. The van der Waals surface area contributed by atoms with E-state index in [0.717, 1.165) is 55.7 Å². The van der Waals surface area contributed by atoms with Crippen molar-refractivity contribution in [2.45, 2.75) is 13.8 Å². The summed E-state index contributed by atoms with van der Waals surface area (Å²) in [7, 11) is 0. The fourth-order valence-corrected chi connectivity index (χ4v) is 10.2. The first-order valence-corrected chi connectivity index (χ1v) is 22.5. The Labute approximate surface area is 375 Å². The molecule has 0 bridgehead atoms. The highest BCUT2D eigenvalue weighted by Crippen LogP contribution is 2.42. The van der Waals surface area contributed by atoms with Crippen molar-refractivity contribution in [2.24, 2.45) is 0 Å². The number of aromatic nitrogens is 4. The highest BCUT2D eigenvalue weighted by atomic mass is 32.1. The monoisotopic (exact) mass is 836 g/mol. The van der Waals surface area contributed by atoms with Gasteiger partial charge in [0.1, 0.15) is 0 Å². The van der Waals surface area contributed by atoms with E-state index in [1.807, 2.05) is 47.7 Å². The zero-order valence-corrected chi connectivity index (χ0v) is 36.1. The van der Waals surface area contributed by atoms with Gasteiger partial charge in [-0.25, -0.2) is 15.0 Å². The number of nitrogens with zero attached hydrogens (tertiary/aromatic N) is 4. The molecule has 0 spiro atoms. The maximum Gasteiger partial charge on any atom is 0.166 e. The van der Waals surface area contributed by atoms with Gasteiger partial charge < -0.3 is 4.57 Å². The molecule has 0 atom stereocenters. The van der Waals surface area contributed by atoms with Gasteiger partial charge in [0.05, 0.1) is 16.7 Å². The summed E-state index contributed by atoms with van der Waals surface area (Å²) in [6.07, 6.45) is 0. The number of rotatable bonds is 7. The Balaban J connectivity index is 1.16. The predicted octanol–water partition coefficient (Wildman–Crippen LogP) is 16.0. The number of benzene rings is 9. The topological polar surface area (TPSA) is 43.6 Å². The second-order valence-electron chi connectivity index (χ2n) is 16.6. The van der Waals surface area contributed by atoms with Gasteiger partial charge in [-0.2, -0.15) is 0 Å². The van der Waals surface area contributed by atoms with Crippen LogP contribution in [0.2, 0.25) is 0 Å². The highest BCUT2D eigenvalue weighted by molar-refractivity contribution is 7.25. The van der Waals surface area contributed by atoms with Crippen LogP contribution in [0.1, 0.15) is 11.1 Å². The first kappa shape index (κ1) is 37.7. The molecule has 0 unspecified atom stereocenters. The number of aryl methyl sites for hydroxylation is 2. The summed E-state index contributed by atoms with van der Waals surface area (Å²) in [5, 5.41) is 4.92. The molecule has 0 saturated carbocycles. The van der Waals surface area contributed by atoms with E-state index in [2.05, 4.69) is 188 Å². The number of hydrogen-bond donors (Lipinski definition) is 0. The molecule has 0 radical (unpaired) electrons. The molecule has 12 rings (SSSR count). The van der Waals surface area contributed by atoms with Crippen molar-refractivity contribution in [2.75, 3.05) is 0 Å². The molecule has 0 aliphatic heterocycles. The Kier molecular flexibility index (Phi) is 9.09. The van der Waals surface area contributed by atoms with E-state index in [-0.39, 0.29) is 0 Å². The van der Waals surface area contributed by atoms with Gasteiger partial charge in [-0.05, 0) is 83.6 Å². The van der Waals surface area contributed by atoms with Gasteiger partial charge in [-0.15, -0.1) is 11.3 Å². The molecule has 3 heterocycles. The summed E-state index contributed by atoms with van der Waals surface area (Å²) in [6, 6.07) is 74.2. The van der Waals surface area contributed by atoms with Gasteiger partial charge in [-0.3, -0.25) is 0 Å². The highest BCUT2D eigenvalue weighted by Gasteiger charge is 2.22. The number of fused-ring (bicyclic) bond motifs is 6. The molecule has 9 aromatic carbocycles. The third-order valence-corrected chi connectivity index (χ3v) is 13.6. The molecule has 0 aliphatic carbocycles. The molecule has 4 nitrogen and oxygen atoms in total. The van der Waals surface area contributed by atoms with Crippen molar-refractivity contribution >= 4 is 53.3 Å². The average Bonchev–Trinajstić information content (AvgIpc) is 3.89. The van der Waals surface area contributed by atoms with Crippen molar-refractivity contribution in [1.82, 2.24) is 19.5 Å². The van der Waals surface area contributed by atoms with Crippen LogP contribution in [0, 0.1) is 13.8 Å². The average molecular weight is 837 g/mol. The van der Waals surface area contributed by atoms with E-state index < -0.39 is 0 Å². The number of hydrogen-bond acceptors (Lipinski definition) is 4. The van der Waals surface area contributed by atoms with Crippen LogP contribution in [-0.4, -0.2) is 19.5 Å². The fraction of sp³-hybridized carbons (Fsp3) is 0.0339. The maximum atomic E-state index is 5.36. The van der Waals surface area contributed by atoms with Crippen molar-refractivity contribution in [3.05, 3.63) is 217 Å². The van der Waals surface area contributed by atoms with Crippen molar-refractivity contribution in [1.29, 1.82) is 0 Å². The molecular formula is C59H40N4S. The molecule has 3 aromatic heterocycles. The SMILES string of the molecule is Cc1ccc(-c2ccc3c4ccc(-c5ccc(C)cc5)cc4n(-c4ccc(-c5ccc6c(c5)sc5ccccc56)cc4-c4nc(-c5ccccc5)nc(-c5ccccc5)n4)c3c2)cc1. The largest absolute Gasteiger partial charge is 0.308 e. The summed E-state index contributed by atoms with van der Waals surface area (Å²) < 4.78 is 4.98. The van der Waals surface area contributed by atoms with Crippen LogP contribution in [0.4, 0.5) is 0 Å². The molecule has 0 saturated heterocycles. The molecule has 5 heteroatoms. The summed E-state index contributed by atoms with van der Waals surface area (Å²) in [6.45, 7) is 4.27. The molecule has 12 aromatic rings. The van der Waals surface area contributed by atoms with Crippen LogP contribution in [0.5, 0.6) is 0 Å². The van der Waals surface area contributed by atoms with Crippen molar-refractivity contribution in [3.8, 4) is 73.2 Å². The Bertz CT molecular complexity index is 3560. The second-order valence-corrected chi connectivity index (χ2v) is 17.7. The minimum Gasteiger partial charge on any atom is -0.308 e. The van der Waals surface area contributed by atoms with E-state index in [0.29, 0.717) is 17.5 Å². The van der Waals surface area contributed by atoms with Crippen molar-refractivity contribution < 1.29 is 0 Å². The van der Waals surface area contributed by atoms with Gasteiger partial charge in [0.25, 0.3) is 0 Å². The van der Waals surface area contributed by atoms with E-state index in [1.165, 1.54) is 53.2 Å². The van der Waals surface area contributed by atoms with Gasteiger partial charge in [-0.1, -0.05) is 181 Å². The van der Waals surface area contributed by atoms with Gasteiger partial charge in [0.2, 0.25) is 0 Å². The lowest BCUT2D eigenvalue weighted by Crippen LogP contribution is -2.04. The third-order valence-electron chi connectivity index (χ3n) is 12.4. The van der Waals surface area contributed by atoms with Gasteiger partial charge in [0, 0.05) is 47.6 Å². The van der Waals surface area contributed by atoms with Crippen LogP contribution >= 0.6 is 11.3 Å². The van der Waals surface area contributed by atoms with E-state index in [1.54, 1.807) is 0 Å². The quantitative estimate of drug-likeness (QED) is 0.161. The van der Waals surface area contributed by atoms with E-state index in [9.17, 15) is 0 Å². The molecule has 0 aliphatic rings. The predicted molar refractivity (Wildman–Crippen MR) is 269 cm³/mol. The van der Waals surface area contributed by atoms with Crippen LogP contribution in [-0.2, 0) is 0 Å².